The van der Waals surface area contributed by atoms with Crippen molar-refractivity contribution in [3.05, 3.63) is 70.2 Å². The summed E-state index contributed by atoms with van der Waals surface area (Å²) in [6, 6.07) is 8.38. The molecule has 3 aromatic rings. The van der Waals surface area contributed by atoms with Crippen molar-refractivity contribution in [3.8, 4) is 0 Å². The molecular weight excluding hydrogens is 501 g/mol. The van der Waals surface area contributed by atoms with E-state index in [9.17, 15) is 27.9 Å². The largest absolute Gasteiger partial charge is 0.478 e. The number of carbonyl (C=O) groups is 2. The molecule has 4 heterocycles. The van der Waals surface area contributed by atoms with Gasteiger partial charge in [0.25, 0.3) is 6.01 Å². The lowest BCUT2D eigenvalue weighted by molar-refractivity contribution is -0.141. The summed E-state index contributed by atoms with van der Waals surface area (Å²) in [5, 5.41) is 9.42. The number of ketones is 1. The molecule has 2 aromatic heterocycles. The lowest BCUT2D eigenvalue weighted by Gasteiger charge is -2.30. The van der Waals surface area contributed by atoms with Crippen LogP contribution in [0.4, 0.5) is 25.0 Å². The number of aromatic carboxylic acids is 1. The number of benzene rings is 1. The molecule has 38 heavy (non-hydrogen) atoms. The summed E-state index contributed by atoms with van der Waals surface area (Å²) in [5.41, 5.74) is 1.16. The maximum Gasteiger partial charge on any atom is 0.437 e. The molecule has 2 aliphatic heterocycles. The highest BCUT2D eigenvalue weighted by Gasteiger charge is 2.42. The van der Waals surface area contributed by atoms with Gasteiger partial charge < -0.3 is 19.3 Å². The van der Waals surface area contributed by atoms with Crippen LogP contribution in [0, 0.1) is 5.92 Å². The van der Waals surface area contributed by atoms with E-state index in [1.54, 1.807) is 29.2 Å². The molecule has 0 bridgehead atoms. The summed E-state index contributed by atoms with van der Waals surface area (Å²) in [7, 11) is 0. The number of piperidine rings is 1. The van der Waals surface area contributed by atoms with Gasteiger partial charge >= 0.3 is 12.1 Å². The van der Waals surface area contributed by atoms with Gasteiger partial charge in [-0.15, -0.1) is 0 Å². The van der Waals surface area contributed by atoms with E-state index in [0.29, 0.717) is 55.5 Å². The van der Waals surface area contributed by atoms with Gasteiger partial charge in [0.15, 0.2) is 5.69 Å². The molecule has 0 radical (unpaired) electrons. The quantitative estimate of drug-likeness (QED) is 0.446. The summed E-state index contributed by atoms with van der Waals surface area (Å²) >= 11 is 0. The number of alkyl halides is 3. The van der Waals surface area contributed by atoms with Gasteiger partial charge in [0, 0.05) is 38.8 Å². The van der Waals surface area contributed by atoms with Crippen LogP contribution in [0.3, 0.4) is 0 Å². The maximum atomic E-state index is 13.7. The van der Waals surface area contributed by atoms with Crippen molar-refractivity contribution < 1.29 is 32.3 Å². The molecule has 8 nitrogen and oxygen atoms in total. The van der Waals surface area contributed by atoms with Crippen LogP contribution in [-0.2, 0) is 25.6 Å². The zero-order valence-corrected chi connectivity index (χ0v) is 20.8. The van der Waals surface area contributed by atoms with Crippen LogP contribution in [0.25, 0.3) is 0 Å². The van der Waals surface area contributed by atoms with Gasteiger partial charge in [-0.2, -0.15) is 18.2 Å². The Balaban J connectivity index is 1.31. The minimum absolute atomic E-state index is 0.169. The third-order valence-electron chi connectivity index (χ3n) is 7.06. The minimum Gasteiger partial charge on any atom is -0.478 e. The standard InChI is InChI=1S/C27H27F3N4O4/c1-16-4-3-10-34(14-16)26-32-24(27(28,29)30)23(38-26)21(35)12-17-7-8-22(31-13-17)33-11-9-19-18(15-33)5-2-6-20(19)25(36)37/h2,5-8,13,16H,3-4,9-12,14-15H2,1H3,(H,36,37). The van der Waals surface area contributed by atoms with E-state index in [2.05, 4.69) is 9.97 Å². The highest BCUT2D eigenvalue weighted by atomic mass is 19.4. The predicted molar refractivity (Wildman–Crippen MR) is 133 cm³/mol. The van der Waals surface area contributed by atoms with Gasteiger partial charge in [0.1, 0.15) is 5.82 Å². The predicted octanol–water partition coefficient (Wildman–Crippen LogP) is 5.01. The first-order valence-corrected chi connectivity index (χ1v) is 12.5. The van der Waals surface area contributed by atoms with Gasteiger partial charge in [-0.3, -0.25) is 4.79 Å². The normalized spacial score (nSPS) is 17.8. The minimum atomic E-state index is -4.82. The molecular formula is C27H27F3N4O4. The maximum absolute atomic E-state index is 13.7. The lowest BCUT2D eigenvalue weighted by atomic mass is 9.94. The lowest BCUT2D eigenvalue weighted by Crippen LogP contribution is -2.34. The van der Waals surface area contributed by atoms with Gasteiger partial charge in [-0.05, 0) is 54.0 Å². The summed E-state index contributed by atoms with van der Waals surface area (Å²) in [5.74, 6) is -1.63. The van der Waals surface area contributed by atoms with E-state index in [1.165, 1.54) is 6.20 Å². The molecule has 1 aromatic carbocycles. The number of halogens is 3. The fraction of sp³-hybridized carbons (Fsp3) is 0.407. The summed E-state index contributed by atoms with van der Waals surface area (Å²) < 4.78 is 46.5. The first-order valence-electron chi connectivity index (χ1n) is 12.5. The summed E-state index contributed by atoms with van der Waals surface area (Å²) in [6.45, 7) is 4.10. The van der Waals surface area contributed by atoms with Crippen molar-refractivity contribution >= 4 is 23.6 Å². The Morgan fingerprint density at radius 1 is 1.16 bits per heavy atom. The summed E-state index contributed by atoms with van der Waals surface area (Å²) in [4.78, 5) is 36.1. The second-order valence-electron chi connectivity index (χ2n) is 9.91. The van der Waals surface area contributed by atoms with Crippen LogP contribution in [-0.4, -0.2) is 46.5 Å². The number of carboxylic acid groups (broad SMARTS) is 1. The van der Waals surface area contributed by atoms with E-state index in [0.717, 1.165) is 24.0 Å². The molecule has 1 unspecified atom stereocenters. The smallest absolute Gasteiger partial charge is 0.437 e. The monoisotopic (exact) mass is 528 g/mol. The molecule has 11 heteroatoms. The van der Waals surface area contributed by atoms with Crippen LogP contribution in [0.5, 0.6) is 0 Å². The highest BCUT2D eigenvalue weighted by Crippen LogP contribution is 2.36. The molecule has 1 N–H and O–H groups in total. The van der Waals surface area contributed by atoms with Crippen molar-refractivity contribution in [2.45, 2.75) is 45.3 Å². The van der Waals surface area contributed by atoms with Crippen LogP contribution >= 0.6 is 0 Å². The fourth-order valence-corrected chi connectivity index (χ4v) is 5.17. The summed E-state index contributed by atoms with van der Waals surface area (Å²) in [6.07, 6.45) is -1.33. The topological polar surface area (TPSA) is 99.8 Å². The van der Waals surface area contributed by atoms with E-state index in [4.69, 9.17) is 4.42 Å². The van der Waals surface area contributed by atoms with Crippen LogP contribution in [0.1, 0.15) is 63.1 Å². The first kappa shape index (κ1) is 25.7. The Bertz CT molecular complexity index is 1350. The number of pyridine rings is 1. The fourth-order valence-electron chi connectivity index (χ4n) is 5.17. The van der Waals surface area contributed by atoms with Crippen molar-refractivity contribution in [2.75, 3.05) is 29.4 Å². The molecule has 2 aliphatic rings. The molecule has 1 fully saturated rings. The number of carboxylic acids is 1. The molecule has 0 aliphatic carbocycles. The molecule has 1 saturated heterocycles. The number of rotatable bonds is 6. The average molecular weight is 529 g/mol. The third-order valence-corrected chi connectivity index (χ3v) is 7.06. The van der Waals surface area contributed by atoms with Gasteiger partial charge in [0.05, 0.1) is 5.56 Å². The van der Waals surface area contributed by atoms with Crippen molar-refractivity contribution in [3.63, 3.8) is 0 Å². The SMILES string of the molecule is CC1CCCN(c2nc(C(F)(F)F)c(C(=O)Cc3ccc(N4CCc5c(cccc5C(=O)O)C4)nc3)o2)C1. The molecule has 0 amide bonds. The van der Waals surface area contributed by atoms with Crippen LogP contribution in [0.2, 0.25) is 0 Å². The molecule has 0 saturated carbocycles. The number of hydrogen-bond donors (Lipinski definition) is 1. The Labute approximate surface area is 217 Å². The number of aromatic nitrogens is 2. The van der Waals surface area contributed by atoms with E-state index >= 15 is 0 Å². The van der Waals surface area contributed by atoms with Crippen molar-refractivity contribution in [1.29, 1.82) is 0 Å². The number of Topliss-reactive ketones (excluding diaryl/α,β-unsaturated/α-hetero) is 1. The number of nitrogens with zero attached hydrogens (tertiary/aromatic N) is 4. The first-order chi connectivity index (χ1) is 18.1. The second kappa shape index (κ2) is 10.1. The van der Waals surface area contributed by atoms with Crippen molar-refractivity contribution in [1.82, 2.24) is 9.97 Å². The Morgan fingerprint density at radius 2 is 1.97 bits per heavy atom. The average Bonchev–Trinajstić information content (AvgIpc) is 3.35. The highest BCUT2D eigenvalue weighted by molar-refractivity contribution is 5.96. The van der Waals surface area contributed by atoms with Crippen LogP contribution in [0.15, 0.2) is 40.9 Å². The van der Waals surface area contributed by atoms with Crippen LogP contribution < -0.4 is 9.80 Å². The molecule has 200 valence electrons. The number of fused-ring (bicyclic) bond motifs is 1. The molecule has 1 atom stereocenters. The van der Waals surface area contributed by atoms with Gasteiger partial charge in [0.2, 0.25) is 11.5 Å². The Kier molecular flexibility index (Phi) is 6.85. The number of anilines is 2. The Hall–Kier alpha value is -3.89. The third kappa shape index (κ3) is 5.23. The number of hydrogen-bond acceptors (Lipinski definition) is 7. The zero-order valence-electron chi connectivity index (χ0n) is 20.8. The van der Waals surface area contributed by atoms with Crippen molar-refractivity contribution in [2.24, 2.45) is 5.92 Å². The number of oxazole rings is 1. The molecule has 5 rings (SSSR count). The van der Waals surface area contributed by atoms with E-state index in [1.807, 2.05) is 17.9 Å². The van der Waals surface area contributed by atoms with Gasteiger partial charge in [-0.1, -0.05) is 25.1 Å². The zero-order chi connectivity index (χ0) is 27.0. The van der Waals surface area contributed by atoms with E-state index in [-0.39, 0.29) is 12.4 Å². The van der Waals surface area contributed by atoms with E-state index < -0.39 is 29.4 Å². The molecule has 0 spiro atoms. The second-order valence-corrected chi connectivity index (χ2v) is 9.91. The van der Waals surface area contributed by atoms with Gasteiger partial charge in [-0.25, -0.2) is 9.78 Å². The number of carbonyl (C=O) groups excluding carboxylic acids is 1. The Morgan fingerprint density at radius 3 is 2.66 bits per heavy atom.